The molecule has 1 saturated heterocycles. The van der Waals surface area contributed by atoms with E-state index in [0.29, 0.717) is 0 Å². The van der Waals surface area contributed by atoms with Crippen LogP contribution in [-0.4, -0.2) is 30.0 Å². The predicted octanol–water partition coefficient (Wildman–Crippen LogP) is 5.34. The summed E-state index contributed by atoms with van der Waals surface area (Å²) in [4.78, 5) is 12.2. The first-order chi connectivity index (χ1) is 15.1. The first-order valence-corrected chi connectivity index (χ1v) is 10.7. The van der Waals surface area contributed by atoms with E-state index in [1.807, 2.05) is 27.7 Å². The van der Waals surface area contributed by atoms with Crippen molar-refractivity contribution in [1.29, 1.82) is 0 Å². The molecule has 0 unspecified atom stereocenters. The second kappa shape index (κ2) is 8.68. The molecule has 1 aliphatic rings. The number of carbonyl (C=O) groups excluding carboxylic acids is 1. The van der Waals surface area contributed by atoms with Crippen LogP contribution in [0.4, 0.5) is 23.7 Å². The maximum atomic E-state index is 15.7. The molecular weight excluding hydrogens is 434 g/mol. The number of halogens is 3. The van der Waals surface area contributed by atoms with Crippen LogP contribution >= 0.6 is 0 Å². The third-order valence-electron chi connectivity index (χ3n) is 5.81. The number of benzene rings is 2. The first-order valence-electron chi connectivity index (χ1n) is 10.7. The molecule has 1 amide bonds. The minimum atomic E-state index is -1.09. The minimum absolute atomic E-state index is 0.0499. The molecule has 0 aliphatic carbocycles. The lowest BCUT2D eigenvalue weighted by atomic mass is 9.74. The molecule has 9 heteroatoms. The van der Waals surface area contributed by atoms with Crippen LogP contribution in [0.2, 0.25) is 0 Å². The highest BCUT2D eigenvalue weighted by atomic mass is 19.1. The zero-order valence-corrected chi connectivity index (χ0v) is 19.9. The van der Waals surface area contributed by atoms with Crippen molar-refractivity contribution in [1.82, 2.24) is 0 Å². The van der Waals surface area contributed by atoms with E-state index >= 15 is 8.78 Å². The van der Waals surface area contributed by atoms with E-state index in [4.69, 9.17) is 14.0 Å². The van der Waals surface area contributed by atoms with Crippen LogP contribution in [0.3, 0.4) is 0 Å². The average molecular weight is 463 g/mol. The Morgan fingerprint density at radius 2 is 1.61 bits per heavy atom. The smallest absolute Gasteiger partial charge is 0.444 e. The number of ether oxygens (including phenoxy) is 1. The molecule has 3 rings (SSSR count). The highest BCUT2D eigenvalue weighted by Crippen LogP contribution is 2.37. The topological polar surface area (TPSA) is 56.8 Å². The average Bonchev–Trinajstić information content (AvgIpc) is 2.88. The number of anilines is 1. The Balaban J connectivity index is 2.09. The molecule has 1 fully saturated rings. The van der Waals surface area contributed by atoms with Gasteiger partial charge in [-0.2, -0.15) is 0 Å². The lowest BCUT2D eigenvalue weighted by Gasteiger charge is -2.32. The molecule has 0 saturated carbocycles. The van der Waals surface area contributed by atoms with Crippen LogP contribution in [0.15, 0.2) is 30.3 Å². The number of rotatable bonds is 4. The Bertz CT molecular complexity index is 1050. The molecule has 5 nitrogen and oxygen atoms in total. The molecule has 2 aromatic rings. The molecule has 2 aromatic carbocycles. The molecule has 178 valence electrons. The fourth-order valence-electron chi connectivity index (χ4n) is 3.39. The third-order valence-corrected chi connectivity index (χ3v) is 5.81. The summed E-state index contributed by atoms with van der Waals surface area (Å²) in [5, 5.41) is 2.14. The van der Waals surface area contributed by atoms with Gasteiger partial charge in [0, 0.05) is 6.42 Å². The number of carbonyl (C=O) groups is 1. The van der Waals surface area contributed by atoms with Gasteiger partial charge >= 0.3 is 13.2 Å². The largest absolute Gasteiger partial charge is 0.495 e. The van der Waals surface area contributed by atoms with E-state index in [-0.39, 0.29) is 23.0 Å². The van der Waals surface area contributed by atoms with E-state index in [1.54, 1.807) is 26.8 Å². The Kier molecular flexibility index (Phi) is 6.61. The highest BCUT2D eigenvalue weighted by molar-refractivity contribution is 6.62. The van der Waals surface area contributed by atoms with E-state index in [0.717, 1.165) is 6.07 Å². The highest BCUT2D eigenvalue weighted by Gasteiger charge is 2.52. The van der Waals surface area contributed by atoms with Crippen molar-refractivity contribution >= 4 is 24.4 Å². The lowest BCUT2D eigenvalue weighted by molar-refractivity contribution is 0.00578. The summed E-state index contributed by atoms with van der Waals surface area (Å²) in [6, 6.07) is 6.95. The van der Waals surface area contributed by atoms with Gasteiger partial charge in [-0.3, -0.25) is 5.32 Å². The van der Waals surface area contributed by atoms with Crippen molar-refractivity contribution in [3.8, 4) is 0 Å². The standard InChI is InChI=1S/C24H29BF3NO4/c1-22(2,3)31-21(30)29-20-18(27)13-16(25-32-23(4,5)24(6,7)33-25)15(19(20)28)12-14-10-8-9-11-17(14)26/h8-11,13H,12H2,1-7H3,(H,29,30). The zero-order valence-electron chi connectivity index (χ0n) is 19.9. The summed E-state index contributed by atoms with van der Waals surface area (Å²) >= 11 is 0. The van der Waals surface area contributed by atoms with Gasteiger partial charge in [-0.15, -0.1) is 0 Å². The molecule has 1 heterocycles. The molecule has 0 bridgehead atoms. The fraction of sp³-hybridized carbons (Fsp3) is 0.458. The summed E-state index contributed by atoms with van der Waals surface area (Å²) in [5.41, 5.74) is -2.83. The van der Waals surface area contributed by atoms with Crippen LogP contribution in [-0.2, 0) is 20.5 Å². The van der Waals surface area contributed by atoms with Crippen molar-refractivity contribution < 1.29 is 32.0 Å². The quantitative estimate of drug-likeness (QED) is 0.622. The van der Waals surface area contributed by atoms with Gasteiger partial charge in [0.2, 0.25) is 0 Å². The zero-order chi connectivity index (χ0) is 24.8. The van der Waals surface area contributed by atoms with Crippen LogP contribution in [0.25, 0.3) is 0 Å². The fourth-order valence-corrected chi connectivity index (χ4v) is 3.39. The van der Waals surface area contributed by atoms with Crippen LogP contribution in [0.1, 0.15) is 59.6 Å². The second-order valence-corrected chi connectivity index (χ2v) is 10.1. The van der Waals surface area contributed by atoms with Gasteiger partial charge in [0.1, 0.15) is 22.9 Å². The lowest BCUT2D eigenvalue weighted by Crippen LogP contribution is -2.41. The summed E-state index contributed by atoms with van der Waals surface area (Å²) in [7, 11) is -1.09. The Hall–Kier alpha value is -2.52. The number of nitrogens with one attached hydrogen (secondary N) is 1. The van der Waals surface area contributed by atoms with Crippen LogP contribution in [0.5, 0.6) is 0 Å². The Morgan fingerprint density at radius 3 is 2.15 bits per heavy atom. The summed E-state index contributed by atoms with van der Waals surface area (Å²) in [5.74, 6) is -2.61. The molecule has 1 aliphatic heterocycles. The SMILES string of the molecule is CC(C)(C)OC(=O)Nc1c(F)cc(B2OC(C)(C)C(C)(C)O2)c(Cc2ccccc2F)c1F. The normalized spacial score (nSPS) is 17.2. The molecule has 0 atom stereocenters. The van der Waals surface area contributed by atoms with Crippen molar-refractivity contribution in [2.45, 2.75) is 71.7 Å². The monoisotopic (exact) mass is 463 g/mol. The van der Waals surface area contributed by atoms with Gasteiger partial charge in [0.25, 0.3) is 0 Å². The Morgan fingerprint density at radius 1 is 1.03 bits per heavy atom. The number of amides is 1. The summed E-state index contributed by atoms with van der Waals surface area (Å²) in [6.45, 7) is 12.1. The van der Waals surface area contributed by atoms with Crippen molar-refractivity contribution in [2.24, 2.45) is 0 Å². The molecule has 1 N–H and O–H groups in total. The molecule has 0 radical (unpaired) electrons. The van der Waals surface area contributed by atoms with Gasteiger partial charge in [0.05, 0.1) is 11.2 Å². The maximum Gasteiger partial charge on any atom is 0.495 e. The Labute approximate surface area is 192 Å². The number of hydrogen-bond acceptors (Lipinski definition) is 4. The van der Waals surface area contributed by atoms with Crippen molar-refractivity contribution in [3.05, 3.63) is 58.9 Å². The predicted molar refractivity (Wildman–Crippen MR) is 121 cm³/mol. The van der Waals surface area contributed by atoms with Gasteiger partial charge in [-0.25, -0.2) is 18.0 Å². The van der Waals surface area contributed by atoms with Crippen molar-refractivity contribution in [2.75, 3.05) is 5.32 Å². The van der Waals surface area contributed by atoms with Crippen molar-refractivity contribution in [3.63, 3.8) is 0 Å². The third kappa shape index (κ3) is 5.36. The van der Waals surface area contributed by atoms with Gasteiger partial charge in [-0.05, 0) is 77.2 Å². The summed E-state index contributed by atoms with van der Waals surface area (Å²) < 4.78 is 62.2. The second-order valence-electron chi connectivity index (χ2n) is 10.1. The maximum absolute atomic E-state index is 15.7. The van der Waals surface area contributed by atoms with E-state index < -0.39 is 53.2 Å². The van der Waals surface area contributed by atoms with Gasteiger partial charge in [0.15, 0.2) is 5.82 Å². The molecular formula is C24H29BF3NO4. The first kappa shape index (κ1) is 25.1. The van der Waals surface area contributed by atoms with Crippen LogP contribution in [0, 0.1) is 17.5 Å². The molecule has 0 aromatic heterocycles. The van der Waals surface area contributed by atoms with Gasteiger partial charge in [-0.1, -0.05) is 18.2 Å². The minimum Gasteiger partial charge on any atom is -0.444 e. The number of hydrogen-bond donors (Lipinski definition) is 1. The summed E-state index contributed by atoms with van der Waals surface area (Å²) in [6.07, 6.45) is -1.22. The van der Waals surface area contributed by atoms with E-state index in [9.17, 15) is 9.18 Å². The van der Waals surface area contributed by atoms with Gasteiger partial charge < -0.3 is 14.0 Å². The van der Waals surface area contributed by atoms with E-state index in [1.165, 1.54) is 18.2 Å². The van der Waals surface area contributed by atoms with Crippen LogP contribution < -0.4 is 10.8 Å². The molecule has 33 heavy (non-hydrogen) atoms. The van der Waals surface area contributed by atoms with E-state index in [2.05, 4.69) is 5.32 Å². The molecule has 0 spiro atoms.